The van der Waals surface area contributed by atoms with Crippen molar-refractivity contribution in [1.82, 2.24) is 0 Å². The van der Waals surface area contributed by atoms with Crippen molar-refractivity contribution < 1.29 is 5.11 Å². The Morgan fingerprint density at radius 3 is 1.25 bits per heavy atom. The molecule has 16 heavy (non-hydrogen) atoms. The van der Waals surface area contributed by atoms with Gasteiger partial charge in [-0.25, -0.2) is 0 Å². The monoisotopic (exact) mass is 233 g/mol. The smallest absolute Gasteiger partial charge is 0.0579 e. The van der Waals surface area contributed by atoms with Crippen LogP contribution < -0.4 is 5.73 Å². The Labute approximate surface area is 104 Å². The van der Waals surface area contributed by atoms with Gasteiger partial charge in [-0.2, -0.15) is 0 Å². The zero-order chi connectivity index (χ0) is 13.4. The molecule has 0 aromatic rings. The second-order valence-electron chi connectivity index (χ2n) is 4.95. The molecule has 0 fully saturated rings. The van der Waals surface area contributed by atoms with E-state index < -0.39 is 0 Å². The maximum absolute atomic E-state index is 8.02. The molecule has 0 rings (SSSR count). The van der Waals surface area contributed by atoms with Gasteiger partial charge in [0.1, 0.15) is 0 Å². The van der Waals surface area contributed by atoms with Crippen LogP contribution in [-0.2, 0) is 0 Å². The predicted molar refractivity (Wildman–Crippen MR) is 75.7 cm³/mol. The summed E-state index contributed by atoms with van der Waals surface area (Å²) in [5.41, 5.74) is 5.04. The molecule has 2 heteroatoms. The molecular weight excluding hydrogens is 198 g/mol. The minimum absolute atomic E-state index is 0.0602. The number of aliphatic hydroxyl groups excluding tert-OH is 1. The Kier molecular flexibility index (Phi) is 27.0. The summed E-state index contributed by atoms with van der Waals surface area (Å²) in [6.07, 6.45) is 7.01. The highest BCUT2D eigenvalue weighted by molar-refractivity contribution is 4.43. The molecule has 0 saturated carbocycles. The van der Waals surface area contributed by atoms with Crippen molar-refractivity contribution >= 4 is 0 Å². The van der Waals surface area contributed by atoms with E-state index in [2.05, 4.69) is 34.6 Å². The molecule has 1 unspecified atom stereocenters. The molecule has 3 N–H and O–H groups in total. The van der Waals surface area contributed by atoms with Crippen molar-refractivity contribution in [2.24, 2.45) is 11.7 Å². The van der Waals surface area contributed by atoms with Crippen molar-refractivity contribution in [3.8, 4) is 0 Å². The Balaban J connectivity index is -0.000000166. The van der Waals surface area contributed by atoms with E-state index in [4.69, 9.17) is 10.8 Å². The Bertz CT molecular complexity index is 86.0. The molecule has 2 nitrogen and oxygen atoms in total. The zero-order valence-electron chi connectivity index (χ0n) is 12.4. The Hall–Kier alpha value is -0.0800. The van der Waals surface area contributed by atoms with Crippen LogP contribution in [0.3, 0.4) is 0 Å². The lowest BCUT2D eigenvalue weighted by Crippen LogP contribution is -2.18. The zero-order valence-corrected chi connectivity index (χ0v) is 12.4. The second-order valence-corrected chi connectivity index (χ2v) is 4.95. The first-order valence-electron chi connectivity index (χ1n) is 6.78. The van der Waals surface area contributed by atoms with E-state index in [-0.39, 0.29) is 12.6 Å². The van der Waals surface area contributed by atoms with Gasteiger partial charge in [-0.15, -0.1) is 0 Å². The first-order chi connectivity index (χ1) is 7.42. The summed E-state index contributed by atoms with van der Waals surface area (Å²) in [6.45, 7) is 12.8. The van der Waals surface area contributed by atoms with Gasteiger partial charge in [-0.1, -0.05) is 66.7 Å². The lowest BCUT2D eigenvalue weighted by molar-refractivity contribution is 0.273. The van der Waals surface area contributed by atoms with Crippen LogP contribution in [0.5, 0.6) is 0 Å². The molecule has 0 amide bonds. The fourth-order valence-electron chi connectivity index (χ4n) is 0.677. The van der Waals surface area contributed by atoms with Gasteiger partial charge in [0.05, 0.1) is 6.61 Å². The van der Waals surface area contributed by atoms with Crippen LogP contribution in [0, 0.1) is 5.92 Å². The first kappa shape index (κ1) is 21.2. The molecule has 1 atom stereocenters. The molecule has 0 aromatic carbocycles. The minimum Gasteiger partial charge on any atom is -0.395 e. The van der Waals surface area contributed by atoms with E-state index in [1.165, 1.54) is 32.1 Å². The van der Waals surface area contributed by atoms with E-state index in [1.54, 1.807) is 6.92 Å². The summed E-state index contributed by atoms with van der Waals surface area (Å²) in [5, 5.41) is 8.02. The lowest BCUT2D eigenvalue weighted by Gasteiger charge is -1.91. The van der Waals surface area contributed by atoms with Crippen LogP contribution in [0.1, 0.15) is 73.6 Å². The van der Waals surface area contributed by atoms with Crippen molar-refractivity contribution in [1.29, 1.82) is 0 Å². The van der Waals surface area contributed by atoms with Gasteiger partial charge < -0.3 is 10.8 Å². The third kappa shape index (κ3) is 66.3. The van der Waals surface area contributed by atoms with Crippen LogP contribution in [0.15, 0.2) is 0 Å². The molecule has 0 bridgehead atoms. The number of nitrogens with two attached hydrogens (primary N) is 1. The van der Waals surface area contributed by atoms with Gasteiger partial charge in [-0.05, 0) is 12.8 Å². The van der Waals surface area contributed by atoms with Crippen LogP contribution in [0.2, 0.25) is 0 Å². The van der Waals surface area contributed by atoms with Gasteiger partial charge in [0.25, 0.3) is 0 Å². The van der Waals surface area contributed by atoms with Gasteiger partial charge >= 0.3 is 0 Å². The SMILES string of the molecule is CC(C)C.CC(N)CO.CCCCCCC. The van der Waals surface area contributed by atoms with E-state index in [0.29, 0.717) is 0 Å². The van der Waals surface area contributed by atoms with Crippen molar-refractivity contribution in [2.75, 3.05) is 6.61 Å². The number of hydrogen-bond acceptors (Lipinski definition) is 2. The molecule has 0 heterocycles. The summed E-state index contributed by atoms with van der Waals surface area (Å²) in [6, 6.07) is -0.0602. The van der Waals surface area contributed by atoms with Gasteiger partial charge in [0.15, 0.2) is 0 Å². The van der Waals surface area contributed by atoms with Gasteiger partial charge in [0, 0.05) is 6.04 Å². The largest absolute Gasteiger partial charge is 0.395 e. The minimum atomic E-state index is -0.0602. The summed E-state index contributed by atoms with van der Waals surface area (Å²) < 4.78 is 0. The van der Waals surface area contributed by atoms with Gasteiger partial charge in [0.2, 0.25) is 0 Å². The number of rotatable bonds is 5. The maximum Gasteiger partial charge on any atom is 0.0579 e. The summed E-state index contributed by atoms with van der Waals surface area (Å²) in [7, 11) is 0. The molecular formula is C14H35NO. The Morgan fingerprint density at radius 2 is 1.12 bits per heavy atom. The van der Waals surface area contributed by atoms with Crippen molar-refractivity contribution in [3.63, 3.8) is 0 Å². The lowest BCUT2D eigenvalue weighted by atomic mass is 10.2. The summed E-state index contributed by atoms with van der Waals surface area (Å²) in [4.78, 5) is 0. The number of hydrogen-bond donors (Lipinski definition) is 2. The van der Waals surface area contributed by atoms with Crippen LogP contribution in [0.4, 0.5) is 0 Å². The normalized spacial score (nSPS) is 11.1. The predicted octanol–water partition coefficient (Wildman–Crippen LogP) is 3.96. The quantitative estimate of drug-likeness (QED) is 0.706. The topological polar surface area (TPSA) is 46.2 Å². The maximum atomic E-state index is 8.02. The molecule has 0 aliphatic heterocycles. The third-order valence-corrected chi connectivity index (χ3v) is 1.50. The van der Waals surface area contributed by atoms with Crippen LogP contribution in [-0.4, -0.2) is 17.8 Å². The fourth-order valence-corrected chi connectivity index (χ4v) is 0.677. The molecule has 0 radical (unpaired) electrons. The molecule has 0 aliphatic rings. The van der Waals surface area contributed by atoms with E-state index in [1.807, 2.05) is 0 Å². The average molecular weight is 233 g/mol. The highest BCUT2D eigenvalue weighted by Crippen LogP contribution is 2.00. The number of aliphatic hydroxyl groups is 1. The van der Waals surface area contributed by atoms with E-state index in [0.717, 1.165) is 5.92 Å². The van der Waals surface area contributed by atoms with Crippen molar-refractivity contribution in [2.45, 2.75) is 79.7 Å². The van der Waals surface area contributed by atoms with Crippen LogP contribution >= 0.6 is 0 Å². The summed E-state index contributed by atoms with van der Waals surface area (Å²) in [5.74, 6) is 0.833. The second kappa shape index (κ2) is 20.3. The molecule has 0 spiro atoms. The number of unbranched alkanes of at least 4 members (excludes halogenated alkanes) is 4. The van der Waals surface area contributed by atoms with Gasteiger partial charge in [-0.3, -0.25) is 0 Å². The average Bonchev–Trinajstić information content (AvgIpc) is 2.19. The molecule has 0 aromatic heterocycles. The fraction of sp³-hybridized carbons (Fsp3) is 1.00. The molecule has 0 aliphatic carbocycles. The Morgan fingerprint density at radius 1 is 0.875 bits per heavy atom. The molecule has 102 valence electrons. The van der Waals surface area contributed by atoms with E-state index in [9.17, 15) is 0 Å². The first-order valence-corrected chi connectivity index (χ1v) is 6.78. The third-order valence-electron chi connectivity index (χ3n) is 1.50. The highest BCUT2D eigenvalue weighted by Gasteiger charge is 1.81. The summed E-state index contributed by atoms with van der Waals surface area (Å²) >= 11 is 0. The van der Waals surface area contributed by atoms with Crippen molar-refractivity contribution in [3.05, 3.63) is 0 Å². The molecule has 0 saturated heterocycles. The standard InChI is InChI=1S/C7H16.C4H10.C3H9NO/c1-3-5-7-6-4-2;1-4(2)3;1-3(4)2-5/h3-7H2,1-2H3;4H,1-3H3;3,5H,2,4H2,1H3. The van der Waals surface area contributed by atoms with E-state index >= 15 is 0 Å². The van der Waals surface area contributed by atoms with Crippen LogP contribution in [0.25, 0.3) is 0 Å². The highest BCUT2D eigenvalue weighted by atomic mass is 16.3.